The fraction of sp³-hybridized carbons (Fsp3) is 0.923. The molecule has 0 aromatic rings. The minimum Gasteiger partial charge on any atom is -0.468 e. The van der Waals surface area contributed by atoms with Crippen LogP contribution in [0.4, 0.5) is 0 Å². The van der Waals surface area contributed by atoms with Gasteiger partial charge in [0.1, 0.15) is 5.54 Å². The Kier molecular flexibility index (Phi) is 3.53. The zero-order valence-corrected chi connectivity index (χ0v) is 10.4. The molecule has 2 rings (SSSR count). The number of rotatable bonds is 4. The predicted octanol–water partition coefficient (Wildman–Crippen LogP) is 2.25. The smallest absolute Gasteiger partial charge is 0.326 e. The van der Waals surface area contributed by atoms with E-state index in [9.17, 15) is 4.79 Å². The molecule has 0 spiro atoms. The molecule has 0 aromatic carbocycles. The van der Waals surface area contributed by atoms with Gasteiger partial charge in [0.2, 0.25) is 0 Å². The average Bonchev–Trinajstić information content (AvgIpc) is 3.12. The third-order valence-electron chi connectivity index (χ3n) is 4.06. The summed E-state index contributed by atoms with van der Waals surface area (Å²) in [5, 5.41) is 3.55. The van der Waals surface area contributed by atoms with Crippen LogP contribution in [0.2, 0.25) is 0 Å². The minimum atomic E-state index is -0.366. The zero-order valence-electron chi connectivity index (χ0n) is 10.4. The van der Waals surface area contributed by atoms with Crippen molar-refractivity contribution in [3.8, 4) is 0 Å². The second-order valence-electron chi connectivity index (χ2n) is 5.36. The molecule has 1 N–H and O–H groups in total. The van der Waals surface area contributed by atoms with Gasteiger partial charge in [0.05, 0.1) is 7.11 Å². The summed E-state index contributed by atoms with van der Waals surface area (Å²) >= 11 is 0. The van der Waals surface area contributed by atoms with Gasteiger partial charge in [-0.1, -0.05) is 26.2 Å². The molecule has 0 saturated heterocycles. The highest BCUT2D eigenvalue weighted by molar-refractivity contribution is 5.81. The second kappa shape index (κ2) is 4.74. The number of carbonyl (C=O) groups excluding carboxylic acids is 1. The molecule has 0 radical (unpaired) electrons. The van der Waals surface area contributed by atoms with Crippen molar-refractivity contribution in [2.75, 3.05) is 7.11 Å². The first-order valence-corrected chi connectivity index (χ1v) is 6.56. The van der Waals surface area contributed by atoms with E-state index in [1.165, 1.54) is 32.8 Å². The molecule has 92 valence electrons. The normalized spacial score (nSPS) is 34.8. The molecule has 0 amide bonds. The molecule has 2 atom stereocenters. The Morgan fingerprint density at radius 3 is 2.75 bits per heavy atom. The van der Waals surface area contributed by atoms with Crippen LogP contribution in [0.3, 0.4) is 0 Å². The summed E-state index contributed by atoms with van der Waals surface area (Å²) in [6.07, 6.45) is 7.93. The molecule has 0 aliphatic heterocycles. The van der Waals surface area contributed by atoms with Gasteiger partial charge in [-0.2, -0.15) is 0 Å². The van der Waals surface area contributed by atoms with E-state index in [1.54, 1.807) is 0 Å². The predicted molar refractivity (Wildman–Crippen MR) is 63.2 cm³/mol. The number of hydrogen-bond donors (Lipinski definition) is 1. The lowest BCUT2D eigenvalue weighted by Crippen LogP contribution is -2.56. The quantitative estimate of drug-likeness (QED) is 0.746. The highest BCUT2D eigenvalue weighted by atomic mass is 16.5. The lowest BCUT2D eigenvalue weighted by Gasteiger charge is -2.39. The summed E-state index contributed by atoms with van der Waals surface area (Å²) in [5.74, 6) is 0.636. The number of methoxy groups -OCH3 is 1. The van der Waals surface area contributed by atoms with Gasteiger partial charge < -0.3 is 4.74 Å². The molecule has 0 bridgehead atoms. The van der Waals surface area contributed by atoms with Crippen LogP contribution in [-0.2, 0) is 9.53 Å². The van der Waals surface area contributed by atoms with Gasteiger partial charge in [-0.3, -0.25) is 10.1 Å². The van der Waals surface area contributed by atoms with Crippen LogP contribution in [0.1, 0.15) is 51.9 Å². The van der Waals surface area contributed by atoms with E-state index in [-0.39, 0.29) is 11.5 Å². The number of carbonyl (C=O) groups is 1. The maximum absolute atomic E-state index is 12.0. The van der Waals surface area contributed by atoms with Crippen LogP contribution in [-0.4, -0.2) is 24.7 Å². The maximum Gasteiger partial charge on any atom is 0.326 e. The summed E-state index contributed by atoms with van der Waals surface area (Å²) in [6, 6.07) is 0.565. The van der Waals surface area contributed by atoms with E-state index in [4.69, 9.17) is 4.74 Å². The van der Waals surface area contributed by atoms with E-state index in [0.29, 0.717) is 12.0 Å². The summed E-state index contributed by atoms with van der Waals surface area (Å²) in [7, 11) is 1.51. The van der Waals surface area contributed by atoms with Crippen molar-refractivity contribution < 1.29 is 9.53 Å². The first kappa shape index (κ1) is 11.9. The van der Waals surface area contributed by atoms with Gasteiger partial charge in [0.25, 0.3) is 0 Å². The van der Waals surface area contributed by atoms with Crippen molar-refractivity contribution in [2.24, 2.45) is 5.92 Å². The van der Waals surface area contributed by atoms with Crippen LogP contribution in [0, 0.1) is 5.92 Å². The molecule has 0 aromatic heterocycles. The zero-order chi connectivity index (χ0) is 11.6. The number of hydrogen-bond acceptors (Lipinski definition) is 3. The maximum atomic E-state index is 12.0. The monoisotopic (exact) mass is 225 g/mol. The molecular formula is C13H23NO2. The highest BCUT2D eigenvalue weighted by Crippen LogP contribution is 2.37. The Morgan fingerprint density at radius 2 is 2.19 bits per heavy atom. The van der Waals surface area contributed by atoms with Crippen LogP contribution in [0.5, 0.6) is 0 Å². The largest absolute Gasteiger partial charge is 0.468 e. The lowest BCUT2D eigenvalue weighted by molar-refractivity contribution is -0.151. The number of nitrogens with one attached hydrogen (secondary N) is 1. The molecular weight excluding hydrogens is 202 g/mol. The topological polar surface area (TPSA) is 38.3 Å². The minimum absolute atomic E-state index is 0.0439. The van der Waals surface area contributed by atoms with E-state index >= 15 is 0 Å². The number of esters is 1. The van der Waals surface area contributed by atoms with Crippen LogP contribution < -0.4 is 5.32 Å². The Hall–Kier alpha value is -0.570. The third kappa shape index (κ3) is 2.40. The van der Waals surface area contributed by atoms with Crippen molar-refractivity contribution in [3.63, 3.8) is 0 Å². The molecule has 0 heterocycles. The molecule has 2 aliphatic carbocycles. The first-order valence-electron chi connectivity index (χ1n) is 6.56. The molecule has 2 saturated carbocycles. The van der Waals surface area contributed by atoms with E-state index in [0.717, 1.165) is 19.3 Å². The van der Waals surface area contributed by atoms with Gasteiger partial charge in [-0.25, -0.2) is 0 Å². The molecule has 2 aliphatic rings. The lowest BCUT2D eigenvalue weighted by atomic mass is 9.74. The van der Waals surface area contributed by atoms with Crippen molar-refractivity contribution >= 4 is 5.97 Å². The van der Waals surface area contributed by atoms with Gasteiger partial charge >= 0.3 is 5.97 Å². The van der Waals surface area contributed by atoms with E-state index < -0.39 is 0 Å². The van der Waals surface area contributed by atoms with Crippen LogP contribution >= 0.6 is 0 Å². The second-order valence-corrected chi connectivity index (χ2v) is 5.36. The average molecular weight is 225 g/mol. The molecule has 3 heteroatoms. The van der Waals surface area contributed by atoms with Crippen LogP contribution in [0.15, 0.2) is 0 Å². The fourth-order valence-electron chi connectivity index (χ4n) is 2.93. The van der Waals surface area contributed by atoms with Gasteiger partial charge in [-0.15, -0.1) is 0 Å². The summed E-state index contributed by atoms with van der Waals surface area (Å²) < 4.78 is 5.01. The van der Waals surface area contributed by atoms with Crippen molar-refractivity contribution in [1.29, 1.82) is 0 Å². The van der Waals surface area contributed by atoms with Crippen molar-refractivity contribution in [1.82, 2.24) is 5.32 Å². The Labute approximate surface area is 97.9 Å². The van der Waals surface area contributed by atoms with Gasteiger partial charge in [-0.05, 0) is 31.6 Å². The van der Waals surface area contributed by atoms with Gasteiger partial charge in [0.15, 0.2) is 0 Å². The first-order chi connectivity index (χ1) is 7.70. The molecule has 3 nitrogen and oxygen atoms in total. The highest BCUT2D eigenvalue weighted by Gasteiger charge is 2.46. The molecule has 2 unspecified atom stereocenters. The summed E-state index contributed by atoms with van der Waals surface area (Å²) in [5.41, 5.74) is -0.366. The SMILES string of the molecule is CCC1CCCC(NC2CC2)(C(=O)OC)C1. The van der Waals surface area contributed by atoms with E-state index in [1.807, 2.05) is 0 Å². The Bertz CT molecular complexity index is 263. The number of ether oxygens (including phenoxy) is 1. The van der Waals surface area contributed by atoms with Crippen LogP contribution in [0.25, 0.3) is 0 Å². The third-order valence-corrected chi connectivity index (χ3v) is 4.06. The molecule has 2 fully saturated rings. The summed E-state index contributed by atoms with van der Waals surface area (Å²) in [6.45, 7) is 2.22. The Morgan fingerprint density at radius 1 is 1.44 bits per heavy atom. The molecule has 16 heavy (non-hydrogen) atoms. The summed E-state index contributed by atoms with van der Waals surface area (Å²) in [4.78, 5) is 12.0. The Balaban J connectivity index is 2.08. The standard InChI is InChI=1S/C13H23NO2/c1-3-10-5-4-8-13(9-10,12(15)16-2)14-11-6-7-11/h10-11,14H,3-9H2,1-2H3. The van der Waals surface area contributed by atoms with Crippen molar-refractivity contribution in [3.05, 3.63) is 0 Å². The van der Waals surface area contributed by atoms with E-state index in [2.05, 4.69) is 12.2 Å². The fourth-order valence-corrected chi connectivity index (χ4v) is 2.93. The van der Waals surface area contributed by atoms with Gasteiger partial charge in [0, 0.05) is 6.04 Å². The van der Waals surface area contributed by atoms with Crippen molar-refractivity contribution in [2.45, 2.75) is 63.5 Å².